The van der Waals surface area contributed by atoms with Crippen LogP contribution in [-0.4, -0.2) is 11.4 Å². The summed E-state index contributed by atoms with van der Waals surface area (Å²) in [6.45, 7) is 5.31. The second kappa shape index (κ2) is 12.0. The van der Waals surface area contributed by atoms with E-state index in [1.54, 1.807) is 0 Å². The fourth-order valence-corrected chi connectivity index (χ4v) is 5.30. The van der Waals surface area contributed by atoms with Gasteiger partial charge in [0.05, 0.1) is 0 Å². The second-order valence-electron chi connectivity index (χ2n) is 7.83. The number of rotatable bonds is 10. The van der Waals surface area contributed by atoms with Crippen LogP contribution in [0.2, 0.25) is 0 Å². The normalized spacial score (nSPS) is 11.1. The Morgan fingerprint density at radius 2 is 0.875 bits per heavy atom. The minimum absolute atomic E-state index is 0.977. The highest BCUT2D eigenvalue weighted by Gasteiger charge is 2.08. The van der Waals surface area contributed by atoms with Crippen LogP contribution in [-0.2, 0) is 13.1 Å². The summed E-state index contributed by atoms with van der Waals surface area (Å²) in [6.07, 6.45) is 1.16. The summed E-state index contributed by atoms with van der Waals surface area (Å²) in [6, 6.07) is 39.2. The molecule has 32 heavy (non-hydrogen) atoms. The van der Waals surface area contributed by atoms with E-state index >= 15 is 0 Å². The quantitative estimate of drug-likeness (QED) is 0.236. The van der Waals surface area contributed by atoms with Crippen molar-refractivity contribution in [2.45, 2.75) is 46.0 Å². The summed E-state index contributed by atoms with van der Waals surface area (Å²) in [7, 11) is 0. The maximum absolute atomic E-state index is 2.54. The summed E-state index contributed by atoms with van der Waals surface area (Å²) in [5, 5.41) is 0. The lowest BCUT2D eigenvalue weighted by atomic mass is 10.1. The first-order valence-corrected chi connectivity index (χ1v) is 12.8. The van der Waals surface area contributed by atoms with Gasteiger partial charge in [-0.25, -0.2) is 0 Å². The molecule has 0 aliphatic carbocycles. The Morgan fingerprint density at radius 1 is 0.500 bits per heavy atom. The van der Waals surface area contributed by atoms with Crippen molar-refractivity contribution >= 4 is 23.5 Å². The summed E-state index contributed by atoms with van der Waals surface area (Å²) < 4.78 is 0. The zero-order chi connectivity index (χ0) is 22.0. The van der Waals surface area contributed by atoms with E-state index in [-0.39, 0.29) is 0 Å². The van der Waals surface area contributed by atoms with Crippen LogP contribution < -0.4 is 0 Å². The Bertz CT molecular complexity index is 975. The van der Waals surface area contributed by atoms with Gasteiger partial charge in [-0.3, -0.25) is 4.90 Å². The monoisotopic (exact) mass is 455 g/mol. The molecule has 0 saturated heterocycles. The standard InChI is InChI=1S/C29H29NS2/c1-2-21-30(22-24-13-17-28(18-14-24)31-26-9-5-3-6-10-26)23-25-15-19-29(20-16-25)32-27-11-7-4-8-12-27/h3-20H,2,21-23H2,1H3. The van der Waals surface area contributed by atoms with E-state index in [4.69, 9.17) is 0 Å². The Kier molecular flexibility index (Phi) is 8.49. The van der Waals surface area contributed by atoms with Gasteiger partial charge in [-0.15, -0.1) is 0 Å². The molecule has 0 unspecified atom stereocenters. The molecule has 1 nitrogen and oxygen atoms in total. The van der Waals surface area contributed by atoms with Gasteiger partial charge < -0.3 is 0 Å². The third-order valence-corrected chi connectivity index (χ3v) is 7.19. The number of nitrogens with zero attached hydrogens (tertiary/aromatic N) is 1. The molecule has 4 aromatic carbocycles. The average molecular weight is 456 g/mol. The SMILES string of the molecule is CCCN(Cc1ccc(Sc2ccccc2)cc1)Cc1ccc(Sc2ccccc2)cc1. The molecule has 0 amide bonds. The van der Waals surface area contributed by atoms with Gasteiger partial charge in [0.1, 0.15) is 0 Å². The van der Waals surface area contributed by atoms with Crippen LogP contribution in [0.1, 0.15) is 24.5 Å². The predicted octanol–water partition coefficient (Wildman–Crippen LogP) is 8.40. The van der Waals surface area contributed by atoms with Crippen molar-refractivity contribution in [2.24, 2.45) is 0 Å². The summed E-state index contributed by atoms with van der Waals surface area (Å²) in [5.74, 6) is 0. The molecular weight excluding hydrogens is 426 g/mol. The third kappa shape index (κ3) is 7.03. The van der Waals surface area contributed by atoms with Crippen LogP contribution in [0.25, 0.3) is 0 Å². The largest absolute Gasteiger partial charge is 0.295 e. The first kappa shape index (κ1) is 22.7. The topological polar surface area (TPSA) is 3.24 Å². The molecule has 0 aromatic heterocycles. The first-order valence-electron chi connectivity index (χ1n) is 11.1. The number of hydrogen-bond acceptors (Lipinski definition) is 3. The van der Waals surface area contributed by atoms with E-state index in [1.165, 1.54) is 30.7 Å². The lowest BCUT2D eigenvalue weighted by molar-refractivity contribution is 0.257. The molecule has 0 spiro atoms. The maximum atomic E-state index is 2.54. The van der Waals surface area contributed by atoms with Gasteiger partial charge in [0, 0.05) is 32.7 Å². The van der Waals surface area contributed by atoms with Gasteiger partial charge in [0.25, 0.3) is 0 Å². The lowest BCUT2D eigenvalue weighted by Gasteiger charge is -2.22. The second-order valence-corrected chi connectivity index (χ2v) is 10.1. The van der Waals surface area contributed by atoms with Gasteiger partial charge in [-0.2, -0.15) is 0 Å². The Balaban J connectivity index is 1.35. The van der Waals surface area contributed by atoms with Crippen molar-refractivity contribution in [3.63, 3.8) is 0 Å². The fourth-order valence-electron chi connectivity index (χ4n) is 3.62. The summed E-state index contributed by atoms with van der Waals surface area (Å²) >= 11 is 3.63. The molecule has 0 saturated carbocycles. The van der Waals surface area contributed by atoms with Crippen molar-refractivity contribution < 1.29 is 0 Å². The van der Waals surface area contributed by atoms with Gasteiger partial charge in [-0.05, 0) is 72.6 Å². The highest BCUT2D eigenvalue weighted by molar-refractivity contribution is 7.99. The molecule has 0 aliphatic heterocycles. The molecule has 0 radical (unpaired) electrons. The smallest absolute Gasteiger partial charge is 0.0237 e. The molecule has 0 fully saturated rings. The van der Waals surface area contributed by atoms with E-state index in [0.29, 0.717) is 0 Å². The van der Waals surface area contributed by atoms with Crippen LogP contribution in [0.4, 0.5) is 0 Å². The van der Waals surface area contributed by atoms with Gasteiger partial charge in [0.15, 0.2) is 0 Å². The van der Waals surface area contributed by atoms with Crippen molar-refractivity contribution in [3.8, 4) is 0 Å². The average Bonchev–Trinajstić information content (AvgIpc) is 2.83. The Labute approximate surface area is 200 Å². The minimum atomic E-state index is 0.977. The number of benzene rings is 4. The van der Waals surface area contributed by atoms with Crippen LogP contribution >= 0.6 is 23.5 Å². The zero-order valence-electron chi connectivity index (χ0n) is 18.5. The minimum Gasteiger partial charge on any atom is -0.295 e. The third-order valence-electron chi connectivity index (χ3n) is 5.16. The zero-order valence-corrected chi connectivity index (χ0v) is 20.1. The molecule has 4 aromatic rings. The molecule has 162 valence electrons. The van der Waals surface area contributed by atoms with E-state index in [9.17, 15) is 0 Å². The Hall–Kier alpha value is -2.46. The van der Waals surface area contributed by atoms with Crippen LogP contribution in [0.5, 0.6) is 0 Å². The van der Waals surface area contributed by atoms with Crippen molar-refractivity contribution in [2.75, 3.05) is 6.54 Å². The molecule has 0 aliphatic rings. The van der Waals surface area contributed by atoms with Crippen LogP contribution in [0.3, 0.4) is 0 Å². The van der Waals surface area contributed by atoms with E-state index < -0.39 is 0 Å². The molecule has 0 bridgehead atoms. The Morgan fingerprint density at radius 3 is 1.25 bits per heavy atom. The lowest BCUT2D eigenvalue weighted by Crippen LogP contribution is -2.23. The summed E-state index contributed by atoms with van der Waals surface area (Å²) in [5.41, 5.74) is 2.74. The molecule has 4 rings (SSSR count). The van der Waals surface area contributed by atoms with Crippen molar-refractivity contribution in [3.05, 3.63) is 120 Å². The maximum Gasteiger partial charge on any atom is 0.0237 e. The van der Waals surface area contributed by atoms with Gasteiger partial charge in [0.2, 0.25) is 0 Å². The van der Waals surface area contributed by atoms with E-state index in [0.717, 1.165) is 26.1 Å². The van der Waals surface area contributed by atoms with E-state index in [2.05, 4.69) is 121 Å². The summed E-state index contributed by atoms with van der Waals surface area (Å²) in [4.78, 5) is 7.67. The highest BCUT2D eigenvalue weighted by Crippen LogP contribution is 2.29. The van der Waals surface area contributed by atoms with Crippen molar-refractivity contribution in [1.82, 2.24) is 4.90 Å². The highest BCUT2D eigenvalue weighted by atomic mass is 32.2. The molecule has 0 atom stereocenters. The van der Waals surface area contributed by atoms with E-state index in [1.807, 2.05) is 23.5 Å². The molecule has 0 heterocycles. The van der Waals surface area contributed by atoms with Crippen LogP contribution in [0.15, 0.2) is 129 Å². The van der Waals surface area contributed by atoms with Gasteiger partial charge in [-0.1, -0.05) is 91.1 Å². The molecule has 3 heteroatoms. The van der Waals surface area contributed by atoms with Crippen LogP contribution in [0, 0.1) is 0 Å². The molecule has 0 N–H and O–H groups in total. The number of hydrogen-bond donors (Lipinski definition) is 0. The first-order chi connectivity index (χ1) is 15.8. The van der Waals surface area contributed by atoms with Gasteiger partial charge >= 0.3 is 0 Å². The van der Waals surface area contributed by atoms with Crippen molar-refractivity contribution in [1.29, 1.82) is 0 Å². The molecular formula is C29H29NS2. The fraction of sp³-hybridized carbons (Fsp3) is 0.172. The predicted molar refractivity (Wildman–Crippen MR) is 138 cm³/mol.